The van der Waals surface area contributed by atoms with Gasteiger partial charge in [0.2, 0.25) is 0 Å². The standard InChI is InChI=1S/C13H10N2S/c1-2-4-11-10(3-1)5-6-14-9-12(11)13-15-7-8-16-13/h1-9,12H. The average Bonchev–Trinajstić information content (AvgIpc) is 2.76. The van der Waals surface area contributed by atoms with Gasteiger partial charge < -0.3 is 0 Å². The second-order valence-corrected chi connectivity index (χ2v) is 4.52. The van der Waals surface area contributed by atoms with Crippen LogP contribution in [-0.4, -0.2) is 11.2 Å². The number of nitrogens with zero attached hydrogens (tertiary/aromatic N) is 2. The van der Waals surface area contributed by atoms with Gasteiger partial charge in [0.1, 0.15) is 5.01 Å². The predicted octanol–water partition coefficient (Wildman–Crippen LogP) is 3.33. The van der Waals surface area contributed by atoms with Gasteiger partial charge in [-0.15, -0.1) is 11.3 Å². The summed E-state index contributed by atoms with van der Waals surface area (Å²) >= 11 is 1.67. The summed E-state index contributed by atoms with van der Waals surface area (Å²) in [4.78, 5) is 8.66. The number of fused-ring (bicyclic) bond motifs is 1. The smallest absolute Gasteiger partial charge is 0.105 e. The van der Waals surface area contributed by atoms with E-state index in [-0.39, 0.29) is 5.92 Å². The first-order chi connectivity index (χ1) is 7.95. The first-order valence-electron chi connectivity index (χ1n) is 5.13. The number of benzene rings is 1. The van der Waals surface area contributed by atoms with E-state index in [1.165, 1.54) is 11.1 Å². The van der Waals surface area contributed by atoms with Crippen LogP contribution in [0.4, 0.5) is 0 Å². The maximum atomic E-state index is 4.38. The zero-order chi connectivity index (χ0) is 10.8. The highest BCUT2D eigenvalue weighted by Crippen LogP contribution is 2.29. The van der Waals surface area contributed by atoms with Crippen molar-refractivity contribution in [1.82, 2.24) is 4.98 Å². The molecule has 1 aliphatic rings. The lowest BCUT2D eigenvalue weighted by atomic mass is 9.96. The van der Waals surface area contributed by atoms with Crippen molar-refractivity contribution in [3.63, 3.8) is 0 Å². The Balaban J connectivity index is 2.15. The summed E-state index contributed by atoms with van der Waals surface area (Å²) < 4.78 is 0. The summed E-state index contributed by atoms with van der Waals surface area (Å²) in [5.74, 6) is 0.186. The van der Waals surface area contributed by atoms with Crippen molar-refractivity contribution in [2.24, 2.45) is 4.99 Å². The molecule has 0 amide bonds. The normalized spacial score (nSPS) is 18.1. The average molecular weight is 226 g/mol. The number of thiazole rings is 1. The highest BCUT2D eigenvalue weighted by Gasteiger charge is 2.17. The molecule has 0 saturated carbocycles. The molecule has 0 aliphatic carbocycles. The van der Waals surface area contributed by atoms with Crippen molar-refractivity contribution < 1.29 is 0 Å². The molecule has 3 rings (SSSR count). The molecule has 1 aliphatic heterocycles. The Kier molecular flexibility index (Phi) is 2.38. The molecule has 1 unspecified atom stereocenters. The van der Waals surface area contributed by atoms with Crippen LogP contribution in [0.2, 0.25) is 0 Å². The van der Waals surface area contributed by atoms with Gasteiger partial charge in [-0.05, 0) is 17.2 Å². The summed E-state index contributed by atoms with van der Waals surface area (Å²) in [5, 5.41) is 3.10. The van der Waals surface area contributed by atoms with Gasteiger partial charge in [-0.2, -0.15) is 0 Å². The number of hydrogen-bond donors (Lipinski definition) is 0. The molecule has 1 aromatic carbocycles. The molecule has 16 heavy (non-hydrogen) atoms. The van der Waals surface area contributed by atoms with E-state index in [0.29, 0.717) is 0 Å². The van der Waals surface area contributed by atoms with Crippen LogP contribution in [0.5, 0.6) is 0 Å². The third-order valence-corrected chi connectivity index (χ3v) is 3.48. The lowest BCUT2D eigenvalue weighted by molar-refractivity contribution is 1.06. The monoisotopic (exact) mass is 226 g/mol. The van der Waals surface area contributed by atoms with Crippen molar-refractivity contribution in [3.05, 3.63) is 58.2 Å². The second kappa shape index (κ2) is 4.02. The molecule has 1 atom stereocenters. The molecule has 78 valence electrons. The third-order valence-electron chi connectivity index (χ3n) is 2.62. The van der Waals surface area contributed by atoms with E-state index in [1.807, 2.05) is 36.1 Å². The quantitative estimate of drug-likeness (QED) is 0.732. The van der Waals surface area contributed by atoms with Crippen LogP contribution in [0.3, 0.4) is 0 Å². The molecule has 0 saturated heterocycles. The van der Waals surface area contributed by atoms with Crippen LogP contribution in [0.25, 0.3) is 6.08 Å². The molecule has 2 heterocycles. The largest absolute Gasteiger partial charge is 0.268 e. The molecule has 0 fully saturated rings. The summed E-state index contributed by atoms with van der Waals surface area (Å²) in [6, 6.07) is 8.37. The lowest BCUT2D eigenvalue weighted by Crippen LogP contribution is -2.02. The van der Waals surface area contributed by atoms with E-state index < -0.39 is 0 Å². The molecule has 1 aromatic heterocycles. The Bertz CT molecular complexity index is 541. The highest BCUT2D eigenvalue weighted by molar-refractivity contribution is 7.09. The first-order valence-corrected chi connectivity index (χ1v) is 6.01. The van der Waals surface area contributed by atoms with Gasteiger partial charge in [0, 0.05) is 24.0 Å². The van der Waals surface area contributed by atoms with E-state index in [9.17, 15) is 0 Å². The van der Waals surface area contributed by atoms with Gasteiger partial charge in [0.05, 0.1) is 5.92 Å². The summed E-state index contributed by atoms with van der Waals surface area (Å²) in [5.41, 5.74) is 2.50. The molecule has 2 nitrogen and oxygen atoms in total. The number of aromatic nitrogens is 1. The number of hydrogen-bond acceptors (Lipinski definition) is 3. The van der Waals surface area contributed by atoms with Crippen molar-refractivity contribution in [2.45, 2.75) is 5.92 Å². The molecule has 2 aromatic rings. The minimum absolute atomic E-state index is 0.186. The van der Waals surface area contributed by atoms with Gasteiger partial charge in [0.15, 0.2) is 0 Å². The minimum atomic E-state index is 0.186. The Morgan fingerprint density at radius 3 is 3.00 bits per heavy atom. The molecule has 0 spiro atoms. The van der Waals surface area contributed by atoms with E-state index >= 15 is 0 Å². The van der Waals surface area contributed by atoms with E-state index in [4.69, 9.17) is 0 Å². The lowest BCUT2D eigenvalue weighted by Gasteiger charge is -2.11. The third kappa shape index (κ3) is 1.59. The predicted molar refractivity (Wildman–Crippen MR) is 67.9 cm³/mol. The Labute approximate surface area is 98.0 Å². The van der Waals surface area contributed by atoms with E-state index in [2.05, 4.69) is 28.2 Å². The fourth-order valence-corrected chi connectivity index (χ4v) is 2.59. The number of aliphatic imine (C=N–C) groups is 1. The maximum absolute atomic E-state index is 4.38. The Morgan fingerprint density at radius 2 is 2.12 bits per heavy atom. The van der Waals surface area contributed by atoms with Crippen molar-refractivity contribution in [1.29, 1.82) is 0 Å². The molecular weight excluding hydrogens is 216 g/mol. The summed E-state index contributed by atoms with van der Waals surface area (Å²) in [6.45, 7) is 0. The topological polar surface area (TPSA) is 25.2 Å². The van der Waals surface area contributed by atoms with Crippen LogP contribution in [0, 0.1) is 0 Å². The Hall–Kier alpha value is -1.74. The zero-order valence-electron chi connectivity index (χ0n) is 8.58. The molecule has 3 heteroatoms. The SMILES string of the molecule is C1=Cc2ccccc2C(c2nccs2)C=N1. The molecule has 0 radical (unpaired) electrons. The van der Waals surface area contributed by atoms with E-state index in [0.717, 1.165) is 5.01 Å². The maximum Gasteiger partial charge on any atom is 0.105 e. The molecule has 0 N–H and O–H groups in total. The van der Waals surface area contributed by atoms with Crippen molar-refractivity contribution in [3.8, 4) is 0 Å². The van der Waals surface area contributed by atoms with Gasteiger partial charge in [-0.3, -0.25) is 4.99 Å². The summed E-state index contributed by atoms with van der Waals surface area (Å²) in [6.07, 6.45) is 7.68. The van der Waals surface area contributed by atoms with Crippen molar-refractivity contribution in [2.75, 3.05) is 0 Å². The van der Waals surface area contributed by atoms with Crippen LogP contribution in [-0.2, 0) is 0 Å². The van der Waals surface area contributed by atoms with Gasteiger partial charge in [-0.1, -0.05) is 24.3 Å². The van der Waals surface area contributed by atoms with Crippen LogP contribution < -0.4 is 0 Å². The first kappa shape index (κ1) is 9.48. The van der Waals surface area contributed by atoms with Crippen LogP contribution >= 0.6 is 11.3 Å². The summed E-state index contributed by atoms with van der Waals surface area (Å²) in [7, 11) is 0. The fourth-order valence-electron chi connectivity index (χ4n) is 1.87. The highest BCUT2D eigenvalue weighted by atomic mass is 32.1. The van der Waals surface area contributed by atoms with Crippen molar-refractivity contribution >= 4 is 23.6 Å². The van der Waals surface area contributed by atoms with Crippen LogP contribution in [0.1, 0.15) is 22.1 Å². The second-order valence-electron chi connectivity index (χ2n) is 3.59. The number of rotatable bonds is 1. The van der Waals surface area contributed by atoms with Crippen LogP contribution in [0.15, 0.2) is 47.0 Å². The fraction of sp³-hybridized carbons (Fsp3) is 0.0769. The van der Waals surface area contributed by atoms with Gasteiger partial charge >= 0.3 is 0 Å². The zero-order valence-corrected chi connectivity index (χ0v) is 9.39. The Morgan fingerprint density at radius 1 is 1.19 bits per heavy atom. The van der Waals surface area contributed by atoms with Gasteiger partial charge in [0.25, 0.3) is 0 Å². The van der Waals surface area contributed by atoms with E-state index in [1.54, 1.807) is 11.3 Å². The van der Waals surface area contributed by atoms with Gasteiger partial charge in [-0.25, -0.2) is 4.98 Å². The molecule has 0 bridgehead atoms. The minimum Gasteiger partial charge on any atom is -0.268 e. The molecular formula is C13H10N2S.